The van der Waals surface area contributed by atoms with Crippen LogP contribution in [-0.2, 0) is 16.1 Å². The summed E-state index contributed by atoms with van der Waals surface area (Å²) in [4.78, 5) is 25.2. The maximum absolute atomic E-state index is 12.7. The number of para-hydroxylation sites is 2. The second kappa shape index (κ2) is 9.33. The molecule has 0 radical (unpaired) electrons. The molecule has 0 bridgehead atoms. The molecular formula is C22H26N2O3. The van der Waals surface area contributed by atoms with Gasteiger partial charge in [0.25, 0.3) is 0 Å². The van der Waals surface area contributed by atoms with Gasteiger partial charge in [0.05, 0.1) is 11.0 Å². The van der Waals surface area contributed by atoms with Gasteiger partial charge in [-0.3, -0.25) is 9.59 Å². The van der Waals surface area contributed by atoms with Gasteiger partial charge in [0, 0.05) is 30.5 Å². The number of aromatic nitrogens is 1. The molecule has 0 fully saturated rings. The molecular weight excluding hydrogens is 340 g/mol. The van der Waals surface area contributed by atoms with Gasteiger partial charge in [0.1, 0.15) is 6.54 Å². The number of benzene rings is 2. The smallest absolute Gasteiger partial charge is 0.239 e. The Labute approximate surface area is 158 Å². The molecule has 0 spiro atoms. The van der Waals surface area contributed by atoms with Crippen molar-refractivity contribution in [1.29, 1.82) is 0 Å². The number of nitrogens with zero attached hydrogens (tertiary/aromatic N) is 1. The van der Waals surface area contributed by atoms with Gasteiger partial charge < -0.3 is 14.6 Å². The van der Waals surface area contributed by atoms with E-state index in [0.29, 0.717) is 23.9 Å². The number of hydrogen-bond donors (Lipinski definition) is 1. The zero-order valence-electron chi connectivity index (χ0n) is 15.7. The summed E-state index contributed by atoms with van der Waals surface area (Å²) in [6, 6.07) is 14.9. The molecule has 27 heavy (non-hydrogen) atoms. The Balaban J connectivity index is 1.73. The van der Waals surface area contributed by atoms with Crippen LogP contribution >= 0.6 is 0 Å². The molecule has 0 unspecified atom stereocenters. The molecule has 5 heteroatoms. The first kappa shape index (κ1) is 19.1. The Morgan fingerprint density at radius 1 is 0.963 bits per heavy atom. The summed E-state index contributed by atoms with van der Waals surface area (Å²) in [5.74, 6) is -0.0671. The molecule has 0 aliphatic heterocycles. The van der Waals surface area contributed by atoms with Crippen molar-refractivity contribution < 1.29 is 9.53 Å². The van der Waals surface area contributed by atoms with Crippen molar-refractivity contribution in [1.82, 2.24) is 9.88 Å². The summed E-state index contributed by atoms with van der Waals surface area (Å²) in [5, 5.41) is 4.21. The van der Waals surface area contributed by atoms with E-state index < -0.39 is 0 Å². The third-order valence-electron chi connectivity index (χ3n) is 4.61. The summed E-state index contributed by atoms with van der Waals surface area (Å²) in [5.41, 5.74) is 1.56. The van der Waals surface area contributed by atoms with E-state index in [1.54, 1.807) is 0 Å². The number of rotatable bonds is 9. The van der Waals surface area contributed by atoms with Gasteiger partial charge in [-0.15, -0.1) is 0 Å². The Morgan fingerprint density at radius 3 is 2.19 bits per heavy atom. The number of hydrogen-bond acceptors (Lipinski definition) is 3. The van der Waals surface area contributed by atoms with Gasteiger partial charge in [0.2, 0.25) is 5.91 Å². The van der Waals surface area contributed by atoms with Crippen LogP contribution in [-0.4, -0.2) is 30.2 Å². The van der Waals surface area contributed by atoms with Crippen LogP contribution in [0.5, 0.6) is 0 Å². The van der Waals surface area contributed by atoms with E-state index in [1.165, 1.54) is 0 Å². The number of unbranched alkanes of at least 4 members (excludes halogenated alkanes) is 1. The van der Waals surface area contributed by atoms with Crippen LogP contribution in [0.1, 0.15) is 26.2 Å². The van der Waals surface area contributed by atoms with Crippen LogP contribution in [0, 0.1) is 0 Å². The Kier molecular flexibility index (Phi) is 6.60. The quantitative estimate of drug-likeness (QED) is 0.466. The maximum Gasteiger partial charge on any atom is 0.239 e. The van der Waals surface area contributed by atoms with Gasteiger partial charge in [-0.05, 0) is 37.1 Å². The average Bonchev–Trinajstić information content (AvgIpc) is 2.70. The lowest BCUT2D eigenvalue weighted by Crippen LogP contribution is -2.29. The van der Waals surface area contributed by atoms with Crippen LogP contribution in [0.3, 0.4) is 0 Å². The van der Waals surface area contributed by atoms with Crippen molar-refractivity contribution in [2.45, 2.75) is 32.7 Å². The second-order valence-electron chi connectivity index (χ2n) is 6.62. The van der Waals surface area contributed by atoms with Crippen molar-refractivity contribution >= 4 is 27.7 Å². The lowest BCUT2D eigenvalue weighted by atomic mass is 10.1. The topological polar surface area (TPSA) is 60.3 Å². The average molecular weight is 366 g/mol. The number of nitrogens with one attached hydrogen (secondary N) is 1. The molecule has 0 atom stereocenters. The minimum Gasteiger partial charge on any atom is -0.381 e. The van der Waals surface area contributed by atoms with E-state index in [0.717, 1.165) is 36.9 Å². The summed E-state index contributed by atoms with van der Waals surface area (Å²) >= 11 is 0. The van der Waals surface area contributed by atoms with Crippen LogP contribution in [0.25, 0.3) is 21.8 Å². The molecule has 3 aromatic rings. The lowest BCUT2D eigenvalue weighted by Gasteiger charge is -2.15. The summed E-state index contributed by atoms with van der Waals surface area (Å²) < 4.78 is 7.43. The Hall–Kier alpha value is -2.66. The van der Waals surface area contributed by atoms with Gasteiger partial charge in [-0.25, -0.2) is 0 Å². The highest BCUT2D eigenvalue weighted by Crippen LogP contribution is 2.18. The molecule has 3 rings (SSSR count). The van der Waals surface area contributed by atoms with Crippen LogP contribution < -0.4 is 10.7 Å². The maximum atomic E-state index is 12.7. The first-order chi connectivity index (χ1) is 13.2. The number of carbonyl (C=O) groups excluding carboxylic acids is 1. The standard InChI is InChI=1S/C22H26N2O3/c1-2-3-14-27-15-8-13-23-21(25)16-24-19-11-6-4-9-17(19)22(26)18-10-5-7-12-20(18)24/h4-7,9-12H,2-3,8,13-16H2,1H3,(H,23,25). The molecule has 0 saturated carbocycles. The molecule has 0 saturated heterocycles. The van der Waals surface area contributed by atoms with Crippen molar-refractivity contribution in [3.63, 3.8) is 0 Å². The fraction of sp³-hybridized carbons (Fsp3) is 0.364. The second-order valence-corrected chi connectivity index (χ2v) is 6.62. The van der Waals surface area contributed by atoms with E-state index in [4.69, 9.17) is 4.74 Å². The molecule has 0 aliphatic carbocycles. The van der Waals surface area contributed by atoms with Gasteiger partial charge in [0.15, 0.2) is 5.43 Å². The molecule has 142 valence electrons. The van der Waals surface area contributed by atoms with Crippen LogP contribution in [0.15, 0.2) is 53.3 Å². The molecule has 0 aliphatic rings. The highest BCUT2D eigenvalue weighted by atomic mass is 16.5. The van der Waals surface area contributed by atoms with Crippen molar-refractivity contribution in [2.75, 3.05) is 19.8 Å². The van der Waals surface area contributed by atoms with E-state index in [-0.39, 0.29) is 17.9 Å². The molecule has 5 nitrogen and oxygen atoms in total. The predicted octanol–water partition coefficient (Wildman–Crippen LogP) is 3.48. The highest BCUT2D eigenvalue weighted by molar-refractivity contribution is 5.94. The first-order valence-electron chi connectivity index (χ1n) is 9.57. The van der Waals surface area contributed by atoms with E-state index >= 15 is 0 Å². The summed E-state index contributed by atoms with van der Waals surface area (Å²) in [7, 11) is 0. The molecule has 1 heterocycles. The number of pyridine rings is 1. The third-order valence-corrected chi connectivity index (χ3v) is 4.61. The summed E-state index contributed by atoms with van der Waals surface area (Å²) in [6.07, 6.45) is 2.98. The molecule has 1 aromatic heterocycles. The van der Waals surface area contributed by atoms with Gasteiger partial charge in [-0.1, -0.05) is 37.6 Å². The number of amides is 1. The van der Waals surface area contributed by atoms with Gasteiger partial charge in [-0.2, -0.15) is 0 Å². The Bertz CT molecular complexity index is 918. The van der Waals surface area contributed by atoms with E-state index in [1.807, 2.05) is 53.1 Å². The summed E-state index contributed by atoms with van der Waals surface area (Å²) in [6.45, 7) is 4.33. The van der Waals surface area contributed by atoms with Crippen LogP contribution in [0.4, 0.5) is 0 Å². The Morgan fingerprint density at radius 2 is 1.56 bits per heavy atom. The normalized spacial score (nSPS) is 11.1. The van der Waals surface area contributed by atoms with Gasteiger partial charge >= 0.3 is 0 Å². The zero-order chi connectivity index (χ0) is 19.1. The van der Waals surface area contributed by atoms with E-state index in [9.17, 15) is 9.59 Å². The fourth-order valence-corrected chi connectivity index (χ4v) is 3.20. The molecule has 1 N–H and O–H groups in total. The largest absolute Gasteiger partial charge is 0.381 e. The number of ether oxygens (including phenoxy) is 1. The third kappa shape index (κ3) is 4.55. The number of fused-ring (bicyclic) bond motifs is 2. The zero-order valence-corrected chi connectivity index (χ0v) is 15.7. The van der Waals surface area contributed by atoms with Crippen molar-refractivity contribution in [3.8, 4) is 0 Å². The van der Waals surface area contributed by atoms with E-state index in [2.05, 4.69) is 12.2 Å². The minimum absolute atomic E-state index is 0.00193. The predicted molar refractivity (Wildman–Crippen MR) is 109 cm³/mol. The molecule has 2 aromatic carbocycles. The van der Waals surface area contributed by atoms with Crippen LogP contribution in [0.2, 0.25) is 0 Å². The monoisotopic (exact) mass is 366 g/mol. The lowest BCUT2D eigenvalue weighted by molar-refractivity contribution is -0.121. The van der Waals surface area contributed by atoms with Crippen molar-refractivity contribution in [3.05, 3.63) is 58.8 Å². The SMILES string of the molecule is CCCCOCCCNC(=O)Cn1c2ccccc2c(=O)c2ccccc21. The minimum atomic E-state index is -0.0671. The van der Waals surface area contributed by atoms with Crippen molar-refractivity contribution in [2.24, 2.45) is 0 Å². The number of carbonyl (C=O) groups is 1. The highest BCUT2D eigenvalue weighted by Gasteiger charge is 2.12. The first-order valence-corrected chi connectivity index (χ1v) is 9.57. The molecule has 1 amide bonds. The fourth-order valence-electron chi connectivity index (χ4n) is 3.20.